The first-order chi connectivity index (χ1) is 9.96. The molecule has 0 aliphatic heterocycles. The maximum Gasteiger partial charge on any atom is 0.406 e. The van der Waals surface area contributed by atoms with Crippen LogP contribution >= 0.6 is 0 Å². The highest BCUT2D eigenvalue weighted by Crippen LogP contribution is 2.27. The van der Waals surface area contributed by atoms with Gasteiger partial charge in [0.05, 0.1) is 11.8 Å². The molecule has 1 aromatic carbocycles. The third-order valence-electron chi connectivity index (χ3n) is 2.98. The SMILES string of the molecule is O=c1nc(-c2ccco2)c2ccccc2n1CC(F)(F)F. The van der Waals surface area contributed by atoms with Gasteiger partial charge in [-0.1, -0.05) is 18.2 Å². The Morgan fingerprint density at radius 1 is 1.14 bits per heavy atom. The maximum absolute atomic E-state index is 12.6. The van der Waals surface area contributed by atoms with E-state index in [4.69, 9.17) is 4.42 Å². The molecule has 0 amide bonds. The minimum atomic E-state index is -4.50. The van der Waals surface area contributed by atoms with Gasteiger partial charge < -0.3 is 4.42 Å². The molecule has 4 nitrogen and oxygen atoms in total. The molecule has 21 heavy (non-hydrogen) atoms. The summed E-state index contributed by atoms with van der Waals surface area (Å²) in [5, 5.41) is 0.427. The average Bonchev–Trinajstić information content (AvgIpc) is 2.94. The number of rotatable bonds is 2. The molecule has 3 aromatic rings. The van der Waals surface area contributed by atoms with Crippen LogP contribution in [-0.2, 0) is 6.54 Å². The van der Waals surface area contributed by atoms with Gasteiger partial charge in [0.15, 0.2) is 5.76 Å². The number of furan rings is 1. The van der Waals surface area contributed by atoms with Crippen molar-refractivity contribution in [1.29, 1.82) is 0 Å². The number of aromatic nitrogens is 2. The number of fused-ring (bicyclic) bond motifs is 1. The molecular formula is C14H9F3N2O2. The predicted octanol–water partition coefficient (Wildman–Crippen LogP) is 3.22. The van der Waals surface area contributed by atoms with Gasteiger partial charge in [0.1, 0.15) is 12.2 Å². The lowest BCUT2D eigenvalue weighted by Gasteiger charge is -2.13. The minimum Gasteiger partial charge on any atom is -0.463 e. The Bertz CT molecular complexity index is 836. The summed E-state index contributed by atoms with van der Waals surface area (Å²) in [6.45, 7) is -1.38. The van der Waals surface area contributed by atoms with E-state index in [-0.39, 0.29) is 11.2 Å². The van der Waals surface area contributed by atoms with E-state index < -0.39 is 18.4 Å². The highest BCUT2D eigenvalue weighted by molar-refractivity contribution is 5.91. The summed E-state index contributed by atoms with van der Waals surface area (Å²) in [6.07, 6.45) is -3.09. The van der Waals surface area contributed by atoms with Crippen molar-refractivity contribution in [3.8, 4) is 11.5 Å². The summed E-state index contributed by atoms with van der Waals surface area (Å²) in [4.78, 5) is 15.7. The molecular weight excluding hydrogens is 285 g/mol. The van der Waals surface area contributed by atoms with Gasteiger partial charge in [-0.3, -0.25) is 4.57 Å². The lowest BCUT2D eigenvalue weighted by molar-refractivity contribution is -0.140. The first kappa shape index (κ1) is 13.4. The molecule has 0 unspecified atom stereocenters. The molecule has 0 N–H and O–H groups in total. The summed E-state index contributed by atoms with van der Waals surface area (Å²) in [6, 6.07) is 9.51. The number of hydrogen-bond donors (Lipinski definition) is 0. The minimum absolute atomic E-state index is 0.168. The molecule has 0 atom stereocenters. The summed E-state index contributed by atoms with van der Waals surface area (Å²) in [5.41, 5.74) is -0.558. The van der Waals surface area contributed by atoms with Crippen LogP contribution in [0.4, 0.5) is 13.2 Å². The Labute approximate surface area is 116 Å². The van der Waals surface area contributed by atoms with E-state index >= 15 is 0 Å². The molecule has 0 aliphatic carbocycles. The largest absolute Gasteiger partial charge is 0.463 e. The number of halogens is 3. The average molecular weight is 294 g/mol. The van der Waals surface area contributed by atoms with E-state index in [0.29, 0.717) is 15.7 Å². The molecule has 2 heterocycles. The molecule has 0 radical (unpaired) electrons. The summed E-state index contributed by atoms with van der Waals surface area (Å²) in [7, 11) is 0. The number of benzene rings is 1. The van der Waals surface area contributed by atoms with Crippen molar-refractivity contribution in [3.63, 3.8) is 0 Å². The van der Waals surface area contributed by atoms with Crippen LogP contribution in [0.5, 0.6) is 0 Å². The Hall–Kier alpha value is -2.57. The Balaban J connectivity index is 2.31. The molecule has 0 bridgehead atoms. The van der Waals surface area contributed by atoms with Crippen LogP contribution in [0.3, 0.4) is 0 Å². The Morgan fingerprint density at radius 2 is 1.90 bits per heavy atom. The second kappa shape index (κ2) is 4.76. The van der Waals surface area contributed by atoms with Crippen LogP contribution in [0.2, 0.25) is 0 Å². The van der Waals surface area contributed by atoms with Crippen LogP contribution in [0, 0.1) is 0 Å². The Kier molecular flexibility index (Phi) is 3.04. The molecule has 2 aromatic heterocycles. The first-order valence-electron chi connectivity index (χ1n) is 6.06. The van der Waals surface area contributed by atoms with Crippen molar-refractivity contribution in [2.45, 2.75) is 12.7 Å². The van der Waals surface area contributed by atoms with Gasteiger partial charge in [-0.2, -0.15) is 18.2 Å². The van der Waals surface area contributed by atoms with Gasteiger partial charge in [-0.25, -0.2) is 4.79 Å². The van der Waals surface area contributed by atoms with Crippen LogP contribution in [0.15, 0.2) is 51.9 Å². The second-order valence-electron chi connectivity index (χ2n) is 4.44. The molecule has 108 valence electrons. The lowest BCUT2D eigenvalue weighted by Crippen LogP contribution is -2.30. The monoisotopic (exact) mass is 294 g/mol. The predicted molar refractivity (Wildman–Crippen MR) is 69.8 cm³/mol. The number of nitrogens with zero attached hydrogens (tertiary/aromatic N) is 2. The number of hydrogen-bond acceptors (Lipinski definition) is 3. The van der Waals surface area contributed by atoms with E-state index in [2.05, 4.69) is 4.98 Å². The zero-order valence-corrected chi connectivity index (χ0v) is 10.6. The maximum atomic E-state index is 12.6. The summed E-state index contributed by atoms with van der Waals surface area (Å²) >= 11 is 0. The zero-order chi connectivity index (χ0) is 15.0. The van der Waals surface area contributed by atoms with Crippen molar-refractivity contribution in [3.05, 3.63) is 53.1 Å². The molecule has 7 heteroatoms. The molecule has 0 saturated carbocycles. The second-order valence-corrected chi connectivity index (χ2v) is 4.44. The number of para-hydroxylation sites is 1. The summed E-state index contributed by atoms with van der Waals surface area (Å²) in [5.74, 6) is 0.336. The van der Waals surface area contributed by atoms with Crippen LogP contribution in [-0.4, -0.2) is 15.7 Å². The van der Waals surface area contributed by atoms with Gasteiger partial charge in [-0.05, 0) is 18.2 Å². The van der Waals surface area contributed by atoms with Crippen molar-refractivity contribution in [2.75, 3.05) is 0 Å². The molecule has 0 spiro atoms. The van der Waals surface area contributed by atoms with Crippen LogP contribution in [0.1, 0.15) is 0 Å². The molecule has 0 aliphatic rings. The number of alkyl halides is 3. The first-order valence-corrected chi connectivity index (χ1v) is 6.06. The third-order valence-corrected chi connectivity index (χ3v) is 2.98. The van der Waals surface area contributed by atoms with Crippen molar-refractivity contribution in [1.82, 2.24) is 9.55 Å². The van der Waals surface area contributed by atoms with Crippen molar-refractivity contribution < 1.29 is 17.6 Å². The van der Waals surface area contributed by atoms with Crippen LogP contribution in [0.25, 0.3) is 22.4 Å². The van der Waals surface area contributed by atoms with Gasteiger partial charge in [0, 0.05) is 5.39 Å². The molecule has 3 rings (SSSR count). The van der Waals surface area contributed by atoms with E-state index in [1.165, 1.54) is 12.3 Å². The topological polar surface area (TPSA) is 48.0 Å². The highest BCUT2D eigenvalue weighted by Gasteiger charge is 2.30. The molecule has 0 fully saturated rings. The zero-order valence-electron chi connectivity index (χ0n) is 10.6. The third kappa shape index (κ3) is 2.54. The molecule has 0 saturated heterocycles. The summed E-state index contributed by atoms with van der Waals surface area (Å²) < 4.78 is 43.7. The fourth-order valence-electron chi connectivity index (χ4n) is 2.16. The lowest BCUT2D eigenvalue weighted by atomic mass is 10.1. The van der Waals surface area contributed by atoms with E-state index in [0.717, 1.165) is 0 Å². The van der Waals surface area contributed by atoms with Gasteiger partial charge in [0.25, 0.3) is 0 Å². The van der Waals surface area contributed by atoms with Gasteiger partial charge in [-0.15, -0.1) is 0 Å². The standard InChI is InChI=1S/C14H9F3N2O2/c15-14(16,17)8-19-10-5-2-1-4-9(10)12(18-13(19)20)11-6-3-7-21-11/h1-7H,8H2. The fourth-order valence-corrected chi connectivity index (χ4v) is 2.16. The Morgan fingerprint density at radius 3 is 2.57 bits per heavy atom. The van der Waals surface area contributed by atoms with Gasteiger partial charge in [0.2, 0.25) is 0 Å². The normalized spacial score (nSPS) is 12.0. The van der Waals surface area contributed by atoms with Crippen LogP contribution < -0.4 is 5.69 Å². The van der Waals surface area contributed by atoms with E-state index in [1.54, 1.807) is 30.3 Å². The van der Waals surface area contributed by atoms with Gasteiger partial charge >= 0.3 is 11.9 Å². The van der Waals surface area contributed by atoms with Crippen molar-refractivity contribution >= 4 is 10.9 Å². The van der Waals surface area contributed by atoms with E-state index in [1.807, 2.05) is 0 Å². The van der Waals surface area contributed by atoms with E-state index in [9.17, 15) is 18.0 Å². The highest BCUT2D eigenvalue weighted by atomic mass is 19.4. The smallest absolute Gasteiger partial charge is 0.406 e. The quantitative estimate of drug-likeness (QED) is 0.729. The fraction of sp³-hybridized carbons (Fsp3) is 0.143. The van der Waals surface area contributed by atoms with Crippen molar-refractivity contribution in [2.24, 2.45) is 0 Å².